The van der Waals surface area contributed by atoms with Crippen LogP contribution in [-0.4, -0.2) is 28.7 Å². The number of ether oxygens (including phenoxy) is 1. The van der Waals surface area contributed by atoms with Crippen molar-refractivity contribution in [2.45, 2.75) is 57.2 Å². The molecule has 0 aromatic heterocycles. The highest BCUT2D eigenvalue weighted by Gasteiger charge is 2.46. The summed E-state index contributed by atoms with van der Waals surface area (Å²) in [4.78, 5) is 11.9. The minimum Gasteiger partial charge on any atom is -0.383 e. The van der Waals surface area contributed by atoms with Crippen LogP contribution in [0.1, 0.15) is 46.0 Å². The van der Waals surface area contributed by atoms with Crippen LogP contribution in [0.5, 0.6) is 0 Å². The molecule has 2 aliphatic rings. The van der Waals surface area contributed by atoms with Gasteiger partial charge >= 0.3 is 0 Å². The van der Waals surface area contributed by atoms with Gasteiger partial charge in [-0.2, -0.15) is 0 Å². The molecule has 1 aliphatic carbocycles. The van der Waals surface area contributed by atoms with E-state index in [1.165, 1.54) is 6.42 Å². The summed E-state index contributed by atoms with van der Waals surface area (Å²) in [6.45, 7) is 3.84. The molecule has 0 bridgehead atoms. The van der Waals surface area contributed by atoms with Crippen LogP contribution in [0.2, 0.25) is 0 Å². The Balaban J connectivity index is 2.01. The fraction of sp³-hybridized carbons (Fsp3) is 0.917. The van der Waals surface area contributed by atoms with Crippen LogP contribution < -0.4 is 0 Å². The molecule has 1 saturated heterocycles. The predicted molar refractivity (Wildman–Crippen MR) is 56.6 cm³/mol. The van der Waals surface area contributed by atoms with Crippen molar-refractivity contribution in [1.29, 1.82) is 0 Å². The van der Waals surface area contributed by atoms with E-state index in [2.05, 4.69) is 0 Å². The number of hydrogen-bond acceptors (Lipinski definition) is 3. The summed E-state index contributed by atoms with van der Waals surface area (Å²) in [6, 6.07) is 0. The molecule has 1 saturated carbocycles. The highest BCUT2D eigenvalue weighted by Crippen LogP contribution is 2.44. The van der Waals surface area contributed by atoms with Crippen LogP contribution in [0.25, 0.3) is 0 Å². The van der Waals surface area contributed by atoms with Gasteiger partial charge in [-0.15, -0.1) is 0 Å². The molecule has 1 aliphatic heterocycles. The first-order valence-electron chi connectivity index (χ1n) is 5.84. The lowest BCUT2D eigenvalue weighted by atomic mass is 9.70. The summed E-state index contributed by atoms with van der Waals surface area (Å²) >= 11 is 0. The van der Waals surface area contributed by atoms with Crippen molar-refractivity contribution in [1.82, 2.24) is 0 Å². The zero-order chi connectivity index (χ0) is 11.1. The van der Waals surface area contributed by atoms with Gasteiger partial charge in [0.15, 0.2) is 5.78 Å². The Hall–Kier alpha value is -0.410. The maximum absolute atomic E-state index is 11.9. The molecule has 86 valence electrons. The zero-order valence-electron chi connectivity index (χ0n) is 9.58. The van der Waals surface area contributed by atoms with Crippen molar-refractivity contribution in [2.75, 3.05) is 6.61 Å². The normalized spacial score (nSPS) is 29.9. The Morgan fingerprint density at radius 3 is 2.60 bits per heavy atom. The molecule has 15 heavy (non-hydrogen) atoms. The minimum atomic E-state index is -1.19. The van der Waals surface area contributed by atoms with Crippen LogP contribution in [-0.2, 0) is 9.53 Å². The van der Waals surface area contributed by atoms with E-state index in [9.17, 15) is 9.90 Å². The van der Waals surface area contributed by atoms with Crippen molar-refractivity contribution in [2.24, 2.45) is 5.92 Å². The summed E-state index contributed by atoms with van der Waals surface area (Å²) in [5.74, 6) is -0.0175. The van der Waals surface area contributed by atoms with Crippen molar-refractivity contribution in [3.8, 4) is 0 Å². The molecule has 1 spiro atoms. The third-order valence-corrected chi connectivity index (χ3v) is 3.73. The maximum Gasteiger partial charge on any atom is 0.167 e. The first-order valence-corrected chi connectivity index (χ1v) is 5.84. The van der Waals surface area contributed by atoms with Crippen LogP contribution in [0.15, 0.2) is 0 Å². The average Bonchev–Trinajstić information content (AvgIpc) is 2.13. The second-order valence-electron chi connectivity index (χ2n) is 5.50. The van der Waals surface area contributed by atoms with E-state index in [0.29, 0.717) is 6.61 Å². The second kappa shape index (κ2) is 3.56. The van der Waals surface area contributed by atoms with Gasteiger partial charge in [-0.1, -0.05) is 0 Å². The summed E-state index contributed by atoms with van der Waals surface area (Å²) in [5.41, 5.74) is -1.20. The van der Waals surface area contributed by atoms with Crippen molar-refractivity contribution < 1.29 is 14.6 Å². The molecule has 1 atom stereocenters. The smallest absolute Gasteiger partial charge is 0.167 e. The Bertz CT molecular complexity index is 261. The number of aliphatic hydroxyl groups is 1. The first-order chi connectivity index (χ1) is 6.93. The third kappa shape index (κ3) is 2.08. The van der Waals surface area contributed by atoms with E-state index in [-0.39, 0.29) is 17.3 Å². The first kappa shape index (κ1) is 11.1. The Kier molecular flexibility index (Phi) is 2.63. The van der Waals surface area contributed by atoms with Gasteiger partial charge in [0.1, 0.15) is 5.60 Å². The lowest BCUT2D eigenvalue weighted by molar-refractivity contribution is -0.164. The van der Waals surface area contributed by atoms with Crippen molar-refractivity contribution in [3.05, 3.63) is 0 Å². The van der Waals surface area contributed by atoms with Gasteiger partial charge in [-0.25, -0.2) is 0 Å². The molecule has 2 rings (SSSR count). The molecular weight excluding hydrogens is 192 g/mol. The topological polar surface area (TPSA) is 46.5 Å². The maximum atomic E-state index is 11.9. The summed E-state index contributed by atoms with van der Waals surface area (Å²) < 4.78 is 5.76. The van der Waals surface area contributed by atoms with Crippen LogP contribution >= 0.6 is 0 Å². The lowest BCUT2D eigenvalue weighted by Gasteiger charge is -2.47. The molecule has 0 aromatic rings. The van der Waals surface area contributed by atoms with Gasteiger partial charge < -0.3 is 9.84 Å². The quantitative estimate of drug-likeness (QED) is 0.757. The molecule has 1 heterocycles. The minimum absolute atomic E-state index is 0.000880. The predicted octanol–water partition coefficient (Wildman–Crippen LogP) is 1.68. The van der Waals surface area contributed by atoms with Crippen molar-refractivity contribution >= 4 is 5.78 Å². The van der Waals surface area contributed by atoms with Crippen LogP contribution in [0.3, 0.4) is 0 Å². The third-order valence-electron chi connectivity index (χ3n) is 3.73. The molecule has 0 aromatic carbocycles. The highest BCUT2D eigenvalue weighted by atomic mass is 16.5. The Labute approximate surface area is 90.8 Å². The second-order valence-corrected chi connectivity index (χ2v) is 5.50. The number of Topliss-reactive ketones (excluding diaryl/α,β-unsaturated/α-hetero) is 1. The fourth-order valence-corrected chi connectivity index (χ4v) is 2.67. The van der Waals surface area contributed by atoms with Gasteiger partial charge in [0.25, 0.3) is 0 Å². The van der Waals surface area contributed by atoms with Crippen LogP contribution in [0.4, 0.5) is 0 Å². The molecule has 1 N–H and O–H groups in total. The Morgan fingerprint density at radius 2 is 2.13 bits per heavy atom. The van der Waals surface area contributed by atoms with Gasteiger partial charge in [-0.3, -0.25) is 4.79 Å². The monoisotopic (exact) mass is 212 g/mol. The zero-order valence-corrected chi connectivity index (χ0v) is 9.58. The van der Waals surface area contributed by atoms with E-state index in [1.54, 1.807) is 13.8 Å². The van der Waals surface area contributed by atoms with Gasteiger partial charge in [0, 0.05) is 12.5 Å². The molecular formula is C12H20O3. The van der Waals surface area contributed by atoms with Crippen molar-refractivity contribution in [3.63, 3.8) is 0 Å². The number of rotatable bonds is 2. The molecule has 1 unspecified atom stereocenters. The van der Waals surface area contributed by atoms with E-state index >= 15 is 0 Å². The van der Waals surface area contributed by atoms with E-state index in [1.807, 2.05) is 0 Å². The van der Waals surface area contributed by atoms with E-state index in [0.717, 1.165) is 25.7 Å². The average molecular weight is 212 g/mol. The highest BCUT2D eigenvalue weighted by molar-refractivity contribution is 5.88. The Morgan fingerprint density at radius 1 is 1.47 bits per heavy atom. The molecule has 0 radical (unpaired) electrons. The fourth-order valence-electron chi connectivity index (χ4n) is 2.67. The molecule has 3 heteroatoms. The van der Waals surface area contributed by atoms with E-state index in [4.69, 9.17) is 4.74 Å². The van der Waals surface area contributed by atoms with Gasteiger partial charge in [-0.05, 0) is 46.0 Å². The molecule has 2 fully saturated rings. The van der Waals surface area contributed by atoms with Gasteiger partial charge in [0.2, 0.25) is 0 Å². The standard InChI is InChI=1S/C12H20O3/c1-11(2,14)10(13)9-4-7-15-12(8-9)5-3-6-12/h9,14H,3-8H2,1-2H3. The van der Waals surface area contributed by atoms with Crippen LogP contribution in [0, 0.1) is 5.92 Å². The summed E-state index contributed by atoms with van der Waals surface area (Å²) in [5, 5.41) is 9.71. The number of hydrogen-bond donors (Lipinski definition) is 1. The summed E-state index contributed by atoms with van der Waals surface area (Å²) in [7, 11) is 0. The number of ketones is 1. The largest absolute Gasteiger partial charge is 0.383 e. The van der Waals surface area contributed by atoms with E-state index < -0.39 is 5.60 Å². The lowest BCUT2D eigenvalue weighted by Crippen LogP contribution is -2.49. The SMILES string of the molecule is CC(C)(O)C(=O)C1CCOC2(CCC2)C1. The molecule has 0 amide bonds. The van der Waals surface area contributed by atoms with Gasteiger partial charge in [0.05, 0.1) is 5.60 Å². The molecule has 3 nitrogen and oxygen atoms in total. The number of carbonyl (C=O) groups is 1. The number of carbonyl (C=O) groups excluding carboxylic acids is 1. The summed E-state index contributed by atoms with van der Waals surface area (Å²) in [6.07, 6.45) is 4.97.